The van der Waals surface area contributed by atoms with Crippen molar-refractivity contribution in [3.8, 4) is 11.6 Å². The molecule has 0 amide bonds. The lowest BCUT2D eigenvalue weighted by Crippen LogP contribution is -2.16. The summed E-state index contributed by atoms with van der Waals surface area (Å²) in [6.45, 7) is 0.719. The van der Waals surface area contributed by atoms with Gasteiger partial charge in [-0.3, -0.25) is 0 Å². The average Bonchev–Trinajstić information content (AvgIpc) is 3.25. The first kappa shape index (κ1) is 13.3. The Bertz CT molecular complexity index is 617. The zero-order valence-electron chi connectivity index (χ0n) is 10.8. The highest BCUT2D eigenvalue weighted by Gasteiger charge is 2.20. The summed E-state index contributed by atoms with van der Waals surface area (Å²) in [6.07, 6.45) is 2.47. The van der Waals surface area contributed by atoms with Crippen LogP contribution in [0.1, 0.15) is 18.5 Å². The summed E-state index contributed by atoms with van der Waals surface area (Å²) in [5, 5.41) is 3.46. The van der Waals surface area contributed by atoms with Crippen LogP contribution in [0.3, 0.4) is 0 Å². The molecule has 0 unspecified atom stereocenters. The van der Waals surface area contributed by atoms with Crippen molar-refractivity contribution >= 4 is 11.6 Å². The van der Waals surface area contributed by atoms with E-state index in [2.05, 4.69) is 10.3 Å². The lowest BCUT2D eigenvalue weighted by Gasteiger charge is -2.07. The number of nitrogens with one attached hydrogen (secondary N) is 1. The van der Waals surface area contributed by atoms with Crippen LogP contribution in [0.4, 0.5) is 4.39 Å². The molecule has 0 radical (unpaired) electrons. The third kappa shape index (κ3) is 3.46. The smallest absolute Gasteiger partial charge is 0.219 e. The molecular formula is C15H14ClFN2O. The van der Waals surface area contributed by atoms with E-state index in [0.29, 0.717) is 17.7 Å². The molecule has 0 atom stereocenters. The van der Waals surface area contributed by atoms with E-state index in [1.807, 2.05) is 12.1 Å². The van der Waals surface area contributed by atoms with Crippen LogP contribution in [-0.2, 0) is 6.54 Å². The Morgan fingerprint density at radius 1 is 1.30 bits per heavy atom. The Morgan fingerprint density at radius 2 is 2.15 bits per heavy atom. The van der Waals surface area contributed by atoms with Crippen molar-refractivity contribution in [2.45, 2.75) is 25.4 Å². The topological polar surface area (TPSA) is 34.1 Å². The van der Waals surface area contributed by atoms with Gasteiger partial charge in [0.05, 0.1) is 10.7 Å². The van der Waals surface area contributed by atoms with E-state index < -0.39 is 5.82 Å². The molecule has 20 heavy (non-hydrogen) atoms. The summed E-state index contributed by atoms with van der Waals surface area (Å²) in [7, 11) is 0. The maximum atomic E-state index is 13.3. The first-order chi connectivity index (χ1) is 9.70. The third-order valence-electron chi connectivity index (χ3n) is 3.04. The molecule has 0 aliphatic heterocycles. The van der Waals surface area contributed by atoms with Gasteiger partial charge in [-0.2, -0.15) is 0 Å². The van der Waals surface area contributed by atoms with Gasteiger partial charge in [-0.05, 0) is 31.0 Å². The molecule has 0 bridgehead atoms. The maximum Gasteiger partial charge on any atom is 0.219 e. The Hall–Kier alpha value is -1.65. The summed E-state index contributed by atoms with van der Waals surface area (Å²) in [5.74, 6) is 0.323. The summed E-state index contributed by atoms with van der Waals surface area (Å²) in [6, 6.07) is 10.5. The summed E-state index contributed by atoms with van der Waals surface area (Å²) < 4.78 is 18.9. The van der Waals surface area contributed by atoms with Crippen molar-refractivity contribution in [3.05, 3.63) is 52.9 Å². The summed E-state index contributed by atoms with van der Waals surface area (Å²) in [4.78, 5) is 4.38. The summed E-state index contributed by atoms with van der Waals surface area (Å²) in [5.41, 5.74) is 0.906. The van der Waals surface area contributed by atoms with E-state index in [0.717, 1.165) is 12.2 Å². The van der Waals surface area contributed by atoms with E-state index in [1.54, 1.807) is 12.1 Å². The summed E-state index contributed by atoms with van der Waals surface area (Å²) >= 11 is 5.63. The lowest BCUT2D eigenvalue weighted by atomic mass is 10.3. The predicted octanol–water partition coefficient (Wildman–Crippen LogP) is 3.92. The molecule has 104 valence electrons. The third-order valence-corrected chi connectivity index (χ3v) is 3.35. The second-order valence-corrected chi connectivity index (χ2v) is 5.21. The molecule has 1 aliphatic rings. The van der Waals surface area contributed by atoms with E-state index >= 15 is 0 Å². The average molecular weight is 293 g/mol. The van der Waals surface area contributed by atoms with Gasteiger partial charge in [-0.25, -0.2) is 9.37 Å². The minimum atomic E-state index is -0.504. The highest BCUT2D eigenvalue weighted by atomic mass is 35.5. The number of halogens is 2. The molecule has 1 aliphatic carbocycles. The van der Waals surface area contributed by atoms with Crippen LogP contribution in [0.2, 0.25) is 5.02 Å². The molecule has 1 saturated carbocycles. The molecule has 1 N–H and O–H groups in total. The number of benzene rings is 1. The number of nitrogens with zero attached hydrogens (tertiary/aromatic N) is 1. The van der Waals surface area contributed by atoms with Crippen molar-refractivity contribution in [1.29, 1.82) is 0 Å². The van der Waals surface area contributed by atoms with Crippen molar-refractivity contribution < 1.29 is 9.13 Å². The van der Waals surface area contributed by atoms with Crippen LogP contribution in [0, 0.1) is 5.82 Å². The zero-order valence-corrected chi connectivity index (χ0v) is 11.5. The van der Waals surface area contributed by atoms with Crippen LogP contribution in [0.25, 0.3) is 0 Å². The van der Waals surface area contributed by atoms with Gasteiger partial charge in [0.25, 0.3) is 0 Å². The Balaban J connectivity index is 1.69. The molecule has 1 aromatic carbocycles. The standard InChI is InChI=1S/C15H14ClFN2O/c16-13-7-6-12(8-14(13)17)20-15-3-1-2-11(19-15)9-18-10-4-5-10/h1-3,6-8,10,18H,4-5,9H2. The molecule has 5 heteroatoms. The molecule has 1 heterocycles. The van der Waals surface area contributed by atoms with Gasteiger partial charge in [0, 0.05) is 24.7 Å². The highest BCUT2D eigenvalue weighted by molar-refractivity contribution is 6.30. The molecule has 0 saturated heterocycles. The molecule has 3 rings (SSSR count). The van der Waals surface area contributed by atoms with Crippen LogP contribution < -0.4 is 10.1 Å². The fourth-order valence-corrected chi connectivity index (χ4v) is 1.93. The SMILES string of the molecule is Fc1cc(Oc2cccc(CNC3CC3)n2)ccc1Cl. The van der Waals surface area contributed by atoms with Gasteiger partial charge in [-0.1, -0.05) is 17.7 Å². The van der Waals surface area contributed by atoms with Crippen LogP contribution in [0.5, 0.6) is 11.6 Å². The number of ether oxygens (including phenoxy) is 1. The molecule has 1 aromatic heterocycles. The normalized spacial score (nSPS) is 14.3. The van der Waals surface area contributed by atoms with Gasteiger partial charge >= 0.3 is 0 Å². The number of aromatic nitrogens is 1. The number of hydrogen-bond acceptors (Lipinski definition) is 3. The predicted molar refractivity (Wildman–Crippen MR) is 75.6 cm³/mol. The molecular weight excluding hydrogens is 279 g/mol. The fraction of sp³-hybridized carbons (Fsp3) is 0.267. The van der Waals surface area contributed by atoms with E-state index in [-0.39, 0.29) is 5.02 Å². The first-order valence-corrected chi connectivity index (χ1v) is 6.91. The largest absolute Gasteiger partial charge is 0.439 e. The molecule has 1 fully saturated rings. The van der Waals surface area contributed by atoms with Crippen LogP contribution in [0.15, 0.2) is 36.4 Å². The highest BCUT2D eigenvalue weighted by Crippen LogP contribution is 2.24. The second kappa shape index (κ2) is 5.77. The minimum Gasteiger partial charge on any atom is -0.439 e. The quantitative estimate of drug-likeness (QED) is 0.907. The maximum absolute atomic E-state index is 13.3. The number of pyridine rings is 1. The van der Waals surface area contributed by atoms with Crippen molar-refractivity contribution in [2.24, 2.45) is 0 Å². The molecule has 3 nitrogen and oxygen atoms in total. The number of rotatable bonds is 5. The van der Waals surface area contributed by atoms with Gasteiger partial charge in [-0.15, -0.1) is 0 Å². The van der Waals surface area contributed by atoms with Crippen molar-refractivity contribution in [3.63, 3.8) is 0 Å². The van der Waals surface area contributed by atoms with E-state index in [9.17, 15) is 4.39 Å². The Morgan fingerprint density at radius 3 is 2.90 bits per heavy atom. The van der Waals surface area contributed by atoms with Crippen LogP contribution >= 0.6 is 11.6 Å². The number of hydrogen-bond donors (Lipinski definition) is 1. The van der Waals surface area contributed by atoms with Gasteiger partial charge in [0.2, 0.25) is 5.88 Å². The Labute approximate surface area is 121 Å². The first-order valence-electron chi connectivity index (χ1n) is 6.53. The van der Waals surface area contributed by atoms with Gasteiger partial charge < -0.3 is 10.1 Å². The Kier molecular flexibility index (Phi) is 3.85. The minimum absolute atomic E-state index is 0.0766. The van der Waals surface area contributed by atoms with Gasteiger partial charge in [0.1, 0.15) is 11.6 Å². The second-order valence-electron chi connectivity index (χ2n) is 4.80. The fourth-order valence-electron chi connectivity index (χ4n) is 1.81. The lowest BCUT2D eigenvalue weighted by molar-refractivity contribution is 0.455. The van der Waals surface area contributed by atoms with E-state index in [4.69, 9.17) is 16.3 Å². The molecule has 2 aromatic rings. The van der Waals surface area contributed by atoms with Crippen molar-refractivity contribution in [2.75, 3.05) is 0 Å². The molecule has 0 spiro atoms. The van der Waals surface area contributed by atoms with Gasteiger partial charge in [0.15, 0.2) is 0 Å². The van der Waals surface area contributed by atoms with Crippen LogP contribution in [-0.4, -0.2) is 11.0 Å². The van der Waals surface area contributed by atoms with E-state index in [1.165, 1.54) is 25.0 Å². The zero-order chi connectivity index (χ0) is 13.9. The monoisotopic (exact) mass is 292 g/mol. The van der Waals surface area contributed by atoms with Crippen molar-refractivity contribution in [1.82, 2.24) is 10.3 Å².